The van der Waals surface area contributed by atoms with Crippen molar-refractivity contribution in [3.8, 4) is 5.88 Å². The van der Waals surface area contributed by atoms with Gasteiger partial charge in [0, 0.05) is 44.0 Å². The van der Waals surface area contributed by atoms with Crippen molar-refractivity contribution in [1.82, 2.24) is 14.9 Å². The fraction of sp³-hybridized carbons (Fsp3) is 0.438. The molecule has 0 spiro atoms. The normalized spacial score (nSPS) is 22.0. The van der Waals surface area contributed by atoms with Crippen molar-refractivity contribution in [1.29, 1.82) is 0 Å². The second-order valence-corrected chi connectivity index (χ2v) is 6.38. The zero-order chi connectivity index (χ0) is 16.3. The second-order valence-electron chi connectivity index (χ2n) is 6.38. The lowest BCUT2D eigenvalue weighted by Gasteiger charge is -2.50. The summed E-state index contributed by atoms with van der Waals surface area (Å²) in [5, 5.41) is 10.3. The van der Waals surface area contributed by atoms with E-state index in [2.05, 4.69) is 19.8 Å². The molecule has 1 atom stereocenters. The number of piperazine rings is 1. The van der Waals surface area contributed by atoms with E-state index in [0.29, 0.717) is 32.1 Å². The van der Waals surface area contributed by atoms with Crippen molar-refractivity contribution in [2.45, 2.75) is 6.04 Å². The van der Waals surface area contributed by atoms with Crippen LogP contribution in [-0.4, -0.2) is 71.4 Å². The predicted octanol–water partition coefficient (Wildman–Crippen LogP) is 1.01. The van der Waals surface area contributed by atoms with Crippen LogP contribution in [0.3, 0.4) is 0 Å². The van der Waals surface area contributed by atoms with Crippen LogP contribution in [0.5, 0.6) is 5.88 Å². The Balaban J connectivity index is 1.69. The summed E-state index contributed by atoms with van der Waals surface area (Å²) < 4.78 is 5.81. The average molecular weight is 327 g/mol. The summed E-state index contributed by atoms with van der Waals surface area (Å²) in [6, 6.07) is 2.03. The first-order valence-electron chi connectivity index (χ1n) is 8.12. The lowest BCUT2D eigenvalue weighted by atomic mass is 10.0. The molecule has 0 radical (unpaired) electrons. The number of hydrogen-bond donors (Lipinski definition) is 1. The number of pyridine rings is 2. The van der Waals surface area contributed by atoms with Crippen LogP contribution < -0.4 is 14.5 Å². The number of carboxylic acid groups (broad SMARTS) is 1. The molecule has 1 N–H and O–H groups in total. The second kappa shape index (κ2) is 4.86. The SMILES string of the molecule is O=C(O)N1CCN2c3c4c(nc5ccncc35)OCCN4CC2C1. The summed E-state index contributed by atoms with van der Waals surface area (Å²) in [6.45, 7) is 3.89. The van der Waals surface area contributed by atoms with Crippen LogP contribution in [0.4, 0.5) is 16.2 Å². The Morgan fingerprint density at radius 3 is 3.04 bits per heavy atom. The van der Waals surface area contributed by atoms with Gasteiger partial charge in [-0.25, -0.2) is 9.78 Å². The molecule has 1 fully saturated rings. The number of hydrogen-bond acceptors (Lipinski definition) is 6. The Hall–Kier alpha value is -2.77. The highest BCUT2D eigenvalue weighted by Gasteiger charge is 2.40. The number of carbonyl (C=O) groups is 1. The van der Waals surface area contributed by atoms with E-state index < -0.39 is 6.09 Å². The molecule has 5 heterocycles. The van der Waals surface area contributed by atoms with Crippen LogP contribution in [0.25, 0.3) is 10.9 Å². The number of rotatable bonds is 0. The van der Waals surface area contributed by atoms with Gasteiger partial charge in [-0.1, -0.05) is 0 Å². The van der Waals surface area contributed by atoms with E-state index in [0.717, 1.165) is 35.4 Å². The molecule has 1 saturated heterocycles. The van der Waals surface area contributed by atoms with Gasteiger partial charge in [-0.05, 0) is 6.07 Å². The van der Waals surface area contributed by atoms with Gasteiger partial charge < -0.3 is 24.5 Å². The number of amides is 1. The quantitative estimate of drug-likeness (QED) is 0.773. The van der Waals surface area contributed by atoms with Crippen LogP contribution in [0.15, 0.2) is 18.5 Å². The maximum Gasteiger partial charge on any atom is 0.407 e. The first-order valence-corrected chi connectivity index (χ1v) is 8.12. The molecule has 0 aromatic carbocycles. The van der Waals surface area contributed by atoms with E-state index >= 15 is 0 Å². The van der Waals surface area contributed by atoms with Crippen molar-refractivity contribution in [3.05, 3.63) is 18.5 Å². The molecule has 2 aromatic rings. The van der Waals surface area contributed by atoms with Gasteiger partial charge in [-0.3, -0.25) is 4.98 Å². The molecule has 0 saturated carbocycles. The zero-order valence-corrected chi connectivity index (χ0v) is 13.1. The van der Waals surface area contributed by atoms with Gasteiger partial charge in [0.1, 0.15) is 12.3 Å². The lowest BCUT2D eigenvalue weighted by Crippen LogP contribution is -2.61. The van der Waals surface area contributed by atoms with Crippen LogP contribution >= 0.6 is 0 Å². The van der Waals surface area contributed by atoms with Crippen molar-refractivity contribution < 1.29 is 14.6 Å². The Labute approximate surface area is 138 Å². The lowest BCUT2D eigenvalue weighted by molar-refractivity contribution is 0.134. The molecule has 1 amide bonds. The Bertz CT molecular complexity index is 842. The molecule has 2 aromatic heterocycles. The molecule has 1 unspecified atom stereocenters. The van der Waals surface area contributed by atoms with E-state index in [1.165, 1.54) is 4.90 Å². The van der Waals surface area contributed by atoms with E-state index in [1.807, 2.05) is 12.3 Å². The molecular weight excluding hydrogens is 310 g/mol. The Morgan fingerprint density at radius 1 is 1.25 bits per heavy atom. The number of ether oxygens (including phenoxy) is 1. The Kier molecular flexibility index (Phi) is 2.76. The third-order valence-electron chi connectivity index (χ3n) is 5.09. The van der Waals surface area contributed by atoms with Gasteiger partial charge >= 0.3 is 6.09 Å². The van der Waals surface area contributed by atoms with Gasteiger partial charge in [0.15, 0.2) is 0 Å². The monoisotopic (exact) mass is 327 g/mol. The van der Waals surface area contributed by atoms with Gasteiger partial charge in [-0.2, -0.15) is 0 Å². The molecule has 5 rings (SSSR count). The Morgan fingerprint density at radius 2 is 2.17 bits per heavy atom. The minimum Gasteiger partial charge on any atom is -0.474 e. The predicted molar refractivity (Wildman–Crippen MR) is 88.0 cm³/mol. The van der Waals surface area contributed by atoms with Gasteiger partial charge in [0.25, 0.3) is 0 Å². The van der Waals surface area contributed by atoms with Gasteiger partial charge in [0.2, 0.25) is 5.88 Å². The number of nitrogens with zero attached hydrogens (tertiary/aromatic N) is 5. The minimum atomic E-state index is -0.843. The summed E-state index contributed by atoms with van der Waals surface area (Å²) >= 11 is 0. The highest BCUT2D eigenvalue weighted by atomic mass is 16.5. The maximum atomic E-state index is 11.4. The number of fused-ring (bicyclic) bond motifs is 4. The number of anilines is 2. The molecule has 124 valence electrons. The fourth-order valence-corrected chi connectivity index (χ4v) is 4.02. The molecule has 24 heavy (non-hydrogen) atoms. The van der Waals surface area contributed by atoms with E-state index in [-0.39, 0.29) is 6.04 Å². The number of aromatic nitrogens is 2. The fourth-order valence-electron chi connectivity index (χ4n) is 4.02. The summed E-state index contributed by atoms with van der Waals surface area (Å²) in [4.78, 5) is 26.4. The summed E-state index contributed by atoms with van der Waals surface area (Å²) in [5.41, 5.74) is 2.98. The largest absolute Gasteiger partial charge is 0.474 e. The summed E-state index contributed by atoms with van der Waals surface area (Å²) in [6.07, 6.45) is 2.73. The molecular formula is C16H17N5O3. The van der Waals surface area contributed by atoms with Crippen LogP contribution in [-0.2, 0) is 0 Å². The van der Waals surface area contributed by atoms with Crippen molar-refractivity contribution in [3.63, 3.8) is 0 Å². The smallest absolute Gasteiger partial charge is 0.407 e. The standard InChI is InChI=1S/C16H17N5O3/c22-16(23)20-3-4-21-10(9-20)8-19-5-6-24-15-14(19)13(21)11-7-17-2-1-12(11)18-15/h1-2,7,10H,3-6,8-9H2,(H,22,23). The first kappa shape index (κ1) is 13.6. The summed E-state index contributed by atoms with van der Waals surface area (Å²) in [7, 11) is 0. The molecule has 0 bridgehead atoms. The molecule has 0 aliphatic carbocycles. The third-order valence-corrected chi connectivity index (χ3v) is 5.09. The van der Waals surface area contributed by atoms with Crippen LogP contribution in [0.1, 0.15) is 0 Å². The minimum absolute atomic E-state index is 0.138. The van der Waals surface area contributed by atoms with Crippen molar-refractivity contribution in [2.75, 3.05) is 49.1 Å². The summed E-state index contributed by atoms with van der Waals surface area (Å²) in [5.74, 6) is 0.675. The topological polar surface area (TPSA) is 82.0 Å². The zero-order valence-electron chi connectivity index (χ0n) is 13.1. The van der Waals surface area contributed by atoms with Crippen LogP contribution in [0, 0.1) is 0 Å². The van der Waals surface area contributed by atoms with Gasteiger partial charge in [0.05, 0.1) is 23.8 Å². The third kappa shape index (κ3) is 1.82. The van der Waals surface area contributed by atoms with Gasteiger partial charge in [-0.15, -0.1) is 0 Å². The van der Waals surface area contributed by atoms with E-state index in [9.17, 15) is 9.90 Å². The van der Waals surface area contributed by atoms with Crippen molar-refractivity contribution >= 4 is 28.4 Å². The highest BCUT2D eigenvalue weighted by molar-refractivity contribution is 6.01. The van der Waals surface area contributed by atoms with E-state index in [1.54, 1.807) is 6.20 Å². The molecule has 8 heteroatoms. The molecule has 3 aliphatic rings. The van der Waals surface area contributed by atoms with Crippen molar-refractivity contribution in [2.24, 2.45) is 0 Å². The average Bonchev–Trinajstić information content (AvgIpc) is 2.61. The molecule has 3 aliphatic heterocycles. The van der Waals surface area contributed by atoms with Crippen LogP contribution in [0.2, 0.25) is 0 Å². The van der Waals surface area contributed by atoms with E-state index in [4.69, 9.17) is 4.74 Å². The molecule has 8 nitrogen and oxygen atoms in total. The highest BCUT2D eigenvalue weighted by Crippen LogP contribution is 2.47. The first-order chi connectivity index (χ1) is 11.7. The maximum absolute atomic E-state index is 11.4.